The Kier molecular flexibility index (Phi) is 4.90. The van der Waals surface area contributed by atoms with Gasteiger partial charge in [-0.1, -0.05) is 0 Å². The van der Waals surface area contributed by atoms with Crippen LogP contribution in [0.5, 0.6) is 0 Å². The summed E-state index contributed by atoms with van der Waals surface area (Å²) in [6, 6.07) is 3.51. The molecule has 7 nitrogen and oxygen atoms in total. The molecule has 1 aromatic rings. The predicted octanol–water partition coefficient (Wildman–Crippen LogP) is 0.809. The van der Waals surface area contributed by atoms with Crippen LogP contribution >= 0.6 is 0 Å². The highest BCUT2D eigenvalue weighted by atomic mass is 19.1. The maximum atomic E-state index is 14.9. The van der Waals surface area contributed by atoms with Crippen molar-refractivity contribution in [2.24, 2.45) is 5.92 Å². The van der Waals surface area contributed by atoms with Gasteiger partial charge >= 0.3 is 0 Å². The average molecular weight is 333 g/mol. The molecule has 24 heavy (non-hydrogen) atoms. The van der Waals surface area contributed by atoms with Gasteiger partial charge in [0.1, 0.15) is 17.4 Å². The molecule has 0 saturated carbocycles. The molecule has 0 bridgehead atoms. The molecule has 0 aliphatic carbocycles. The number of alkyl halides is 1. The molecule has 0 radical (unpaired) electrons. The normalized spacial score (nSPS) is 22.8. The number of hydrogen-bond donors (Lipinski definition) is 1. The van der Waals surface area contributed by atoms with Crippen LogP contribution in [0.25, 0.3) is 0 Å². The topological polar surface area (TPSA) is 91.1 Å². The fourth-order valence-corrected chi connectivity index (χ4v) is 2.98. The first-order chi connectivity index (χ1) is 11.6. The zero-order valence-electron chi connectivity index (χ0n) is 13.4. The first-order valence-electron chi connectivity index (χ1n) is 8.12. The Morgan fingerprint density at radius 3 is 3.00 bits per heavy atom. The van der Waals surface area contributed by atoms with Gasteiger partial charge in [-0.15, -0.1) is 0 Å². The van der Waals surface area contributed by atoms with Crippen LogP contribution in [0.4, 0.5) is 10.3 Å². The van der Waals surface area contributed by atoms with Crippen LogP contribution in [-0.2, 0) is 9.53 Å². The second-order valence-electron chi connectivity index (χ2n) is 6.27. The molecule has 2 aliphatic heterocycles. The highest BCUT2D eigenvalue weighted by Gasteiger charge is 2.36. The maximum absolute atomic E-state index is 14.9. The number of carbonyl (C=O) groups is 1. The number of carbonyl (C=O) groups excluding carboxylic acids is 1. The molecule has 1 unspecified atom stereocenters. The second-order valence-corrected chi connectivity index (χ2v) is 6.27. The minimum absolute atomic E-state index is 0.0231. The Labute approximate surface area is 139 Å². The summed E-state index contributed by atoms with van der Waals surface area (Å²) in [7, 11) is 0. The highest BCUT2D eigenvalue weighted by molar-refractivity contribution is 5.79. The summed E-state index contributed by atoms with van der Waals surface area (Å²) >= 11 is 0. The fourth-order valence-electron chi connectivity index (χ4n) is 2.98. The molecule has 128 valence electrons. The van der Waals surface area contributed by atoms with E-state index in [0.29, 0.717) is 44.4 Å². The highest BCUT2D eigenvalue weighted by Crippen LogP contribution is 2.28. The number of aromatic nitrogens is 2. The van der Waals surface area contributed by atoms with Crippen molar-refractivity contribution in [3.05, 3.63) is 18.0 Å². The molecule has 2 aliphatic rings. The van der Waals surface area contributed by atoms with Gasteiger partial charge in [-0.2, -0.15) is 5.26 Å². The monoisotopic (exact) mass is 333 g/mol. The largest absolute Gasteiger partial charge is 0.381 e. The Morgan fingerprint density at radius 1 is 1.54 bits per heavy atom. The van der Waals surface area contributed by atoms with E-state index in [2.05, 4.69) is 15.3 Å². The zero-order valence-corrected chi connectivity index (χ0v) is 13.4. The van der Waals surface area contributed by atoms with Gasteiger partial charge in [0.25, 0.3) is 0 Å². The number of amides is 1. The quantitative estimate of drug-likeness (QED) is 0.877. The number of rotatable bonds is 4. The van der Waals surface area contributed by atoms with Crippen molar-refractivity contribution in [1.29, 1.82) is 5.26 Å². The lowest BCUT2D eigenvalue weighted by atomic mass is 9.93. The molecule has 8 heteroatoms. The SMILES string of the molecule is N#Cc1ccnc(N2CCC(F)(CNC(=O)C3CCOC3)CC2)n1. The molecule has 0 spiro atoms. The Bertz CT molecular complexity index is 634. The van der Waals surface area contributed by atoms with Crippen LogP contribution in [0.15, 0.2) is 12.3 Å². The van der Waals surface area contributed by atoms with Crippen molar-refractivity contribution in [1.82, 2.24) is 15.3 Å². The number of halogens is 1. The second kappa shape index (κ2) is 7.09. The molecule has 2 saturated heterocycles. The Morgan fingerprint density at radius 2 is 2.33 bits per heavy atom. The van der Waals surface area contributed by atoms with Crippen LogP contribution in [0.3, 0.4) is 0 Å². The molecule has 3 rings (SSSR count). The van der Waals surface area contributed by atoms with E-state index >= 15 is 0 Å². The van der Waals surface area contributed by atoms with Gasteiger partial charge in [0.15, 0.2) is 0 Å². The fraction of sp³-hybridized carbons (Fsp3) is 0.625. The number of ether oxygens (including phenoxy) is 1. The summed E-state index contributed by atoms with van der Waals surface area (Å²) < 4.78 is 20.1. The Balaban J connectivity index is 1.51. The average Bonchev–Trinajstić information content (AvgIpc) is 3.15. The minimum Gasteiger partial charge on any atom is -0.381 e. The molecule has 1 atom stereocenters. The molecular weight excluding hydrogens is 313 g/mol. The lowest BCUT2D eigenvalue weighted by molar-refractivity contribution is -0.125. The van der Waals surface area contributed by atoms with Crippen LogP contribution in [-0.4, -0.2) is 54.4 Å². The van der Waals surface area contributed by atoms with Crippen molar-refractivity contribution >= 4 is 11.9 Å². The summed E-state index contributed by atoms with van der Waals surface area (Å²) in [4.78, 5) is 22.1. The van der Waals surface area contributed by atoms with Gasteiger partial charge in [0.05, 0.1) is 19.1 Å². The van der Waals surface area contributed by atoms with Crippen molar-refractivity contribution < 1.29 is 13.9 Å². The number of hydrogen-bond acceptors (Lipinski definition) is 6. The van der Waals surface area contributed by atoms with Gasteiger partial charge < -0.3 is 15.0 Å². The van der Waals surface area contributed by atoms with Crippen LogP contribution in [0, 0.1) is 17.2 Å². The van der Waals surface area contributed by atoms with Gasteiger partial charge in [0.2, 0.25) is 11.9 Å². The molecule has 3 heterocycles. The van der Waals surface area contributed by atoms with Gasteiger partial charge in [-0.05, 0) is 12.5 Å². The standard InChI is InChI=1S/C16H20FN5O2/c17-16(11-20-14(23)12-2-8-24-10-12)3-6-22(7-4-16)15-19-5-1-13(9-18)21-15/h1,5,12H,2-4,6-8,10-11H2,(H,20,23). The molecule has 1 N–H and O–H groups in total. The predicted molar refractivity (Wildman–Crippen MR) is 84.0 cm³/mol. The first kappa shape index (κ1) is 16.6. The van der Waals surface area contributed by atoms with E-state index in [1.165, 1.54) is 12.3 Å². The number of nitrogens with one attached hydrogen (secondary N) is 1. The zero-order chi connectivity index (χ0) is 17.0. The van der Waals surface area contributed by atoms with Gasteiger partial charge in [-0.25, -0.2) is 14.4 Å². The maximum Gasteiger partial charge on any atom is 0.226 e. The molecule has 0 aromatic carbocycles. The summed E-state index contributed by atoms with van der Waals surface area (Å²) in [5.41, 5.74) is -1.12. The molecular formula is C16H20FN5O2. The van der Waals surface area contributed by atoms with Crippen LogP contribution in [0.1, 0.15) is 25.0 Å². The van der Waals surface area contributed by atoms with Crippen LogP contribution < -0.4 is 10.2 Å². The Hall–Kier alpha value is -2.27. The third-order valence-corrected chi connectivity index (χ3v) is 4.58. The number of nitrogens with zero attached hydrogens (tertiary/aromatic N) is 4. The first-order valence-corrected chi connectivity index (χ1v) is 8.12. The van der Waals surface area contributed by atoms with Crippen molar-refractivity contribution in [3.63, 3.8) is 0 Å². The number of piperidine rings is 1. The van der Waals surface area contributed by atoms with E-state index in [1.54, 1.807) is 0 Å². The smallest absolute Gasteiger partial charge is 0.226 e. The van der Waals surface area contributed by atoms with Gasteiger partial charge in [0, 0.05) is 38.7 Å². The van der Waals surface area contributed by atoms with E-state index in [0.717, 1.165) is 0 Å². The summed E-state index contributed by atoms with van der Waals surface area (Å²) in [6.07, 6.45) is 2.80. The summed E-state index contributed by atoms with van der Waals surface area (Å²) in [5, 5.41) is 11.6. The lowest BCUT2D eigenvalue weighted by Crippen LogP contribution is -2.49. The number of anilines is 1. The number of nitriles is 1. The van der Waals surface area contributed by atoms with Gasteiger partial charge in [-0.3, -0.25) is 4.79 Å². The van der Waals surface area contributed by atoms with Crippen LogP contribution in [0.2, 0.25) is 0 Å². The van der Waals surface area contributed by atoms with E-state index in [9.17, 15) is 9.18 Å². The minimum atomic E-state index is -1.42. The van der Waals surface area contributed by atoms with Crippen molar-refractivity contribution in [2.75, 3.05) is 37.7 Å². The third kappa shape index (κ3) is 3.79. The summed E-state index contributed by atoms with van der Waals surface area (Å²) in [6.45, 7) is 1.94. The summed E-state index contributed by atoms with van der Waals surface area (Å²) in [5.74, 6) is 0.163. The molecule has 1 amide bonds. The van der Waals surface area contributed by atoms with E-state index in [1.807, 2.05) is 11.0 Å². The van der Waals surface area contributed by atoms with E-state index < -0.39 is 5.67 Å². The molecule has 2 fully saturated rings. The van der Waals surface area contributed by atoms with E-state index in [4.69, 9.17) is 10.00 Å². The van der Waals surface area contributed by atoms with Crippen molar-refractivity contribution in [2.45, 2.75) is 24.9 Å². The lowest BCUT2D eigenvalue weighted by Gasteiger charge is -2.36. The van der Waals surface area contributed by atoms with E-state index in [-0.39, 0.29) is 31.2 Å². The third-order valence-electron chi connectivity index (χ3n) is 4.58. The molecule has 1 aromatic heterocycles. The van der Waals surface area contributed by atoms with Crippen molar-refractivity contribution in [3.8, 4) is 6.07 Å².